The van der Waals surface area contributed by atoms with E-state index in [0.29, 0.717) is 6.04 Å². The van der Waals surface area contributed by atoms with Gasteiger partial charge in [0.05, 0.1) is 6.61 Å². The molecule has 94 valence electrons. The van der Waals surface area contributed by atoms with Gasteiger partial charge in [-0.25, -0.2) is 0 Å². The summed E-state index contributed by atoms with van der Waals surface area (Å²) in [6.45, 7) is 8.72. The van der Waals surface area contributed by atoms with Gasteiger partial charge in [-0.05, 0) is 32.4 Å². The monoisotopic (exact) mass is 227 g/mol. The first-order valence-corrected chi connectivity index (χ1v) is 6.64. The Kier molecular flexibility index (Phi) is 5.03. The van der Waals surface area contributed by atoms with Crippen LogP contribution in [-0.2, 0) is 4.74 Å². The van der Waals surface area contributed by atoms with Gasteiger partial charge in [0.1, 0.15) is 0 Å². The minimum atomic E-state index is 0.686. The molecule has 4 nitrogen and oxygen atoms in total. The highest BCUT2D eigenvalue weighted by molar-refractivity contribution is 4.80. The van der Waals surface area contributed by atoms with Gasteiger partial charge in [-0.3, -0.25) is 4.90 Å². The van der Waals surface area contributed by atoms with E-state index in [1.54, 1.807) is 0 Å². The second kappa shape index (κ2) is 6.55. The van der Waals surface area contributed by atoms with Gasteiger partial charge < -0.3 is 15.4 Å². The molecule has 1 atom stereocenters. The maximum Gasteiger partial charge on any atom is 0.0621 e. The normalized spacial score (nSPS) is 29.4. The van der Waals surface area contributed by atoms with Crippen LogP contribution in [0.2, 0.25) is 0 Å². The highest BCUT2D eigenvalue weighted by Crippen LogP contribution is 2.15. The van der Waals surface area contributed by atoms with Crippen LogP contribution in [0.5, 0.6) is 0 Å². The predicted molar refractivity (Wildman–Crippen MR) is 65.5 cm³/mol. The Morgan fingerprint density at radius 2 is 2.00 bits per heavy atom. The molecule has 0 saturated carbocycles. The summed E-state index contributed by atoms with van der Waals surface area (Å²) in [5, 5.41) is 0. The van der Waals surface area contributed by atoms with Crippen molar-refractivity contribution >= 4 is 0 Å². The zero-order valence-corrected chi connectivity index (χ0v) is 10.2. The summed E-state index contributed by atoms with van der Waals surface area (Å²) in [5.41, 5.74) is 5.54. The molecule has 2 fully saturated rings. The molecule has 2 heterocycles. The molecule has 0 spiro atoms. The molecule has 2 rings (SSSR count). The van der Waals surface area contributed by atoms with Crippen LogP contribution in [0.25, 0.3) is 0 Å². The second-order valence-electron chi connectivity index (χ2n) is 4.89. The average molecular weight is 227 g/mol. The van der Waals surface area contributed by atoms with Crippen molar-refractivity contribution in [3.63, 3.8) is 0 Å². The quantitative estimate of drug-likeness (QED) is 0.741. The highest BCUT2D eigenvalue weighted by Gasteiger charge is 2.25. The van der Waals surface area contributed by atoms with Crippen LogP contribution < -0.4 is 5.73 Å². The van der Waals surface area contributed by atoms with Gasteiger partial charge in [-0.15, -0.1) is 0 Å². The standard InChI is InChI=1S/C12H25N3O/c13-4-2-5-14-6-8-15(9-7-14)12-3-1-10-16-11-12/h12H,1-11,13H2. The third-order valence-corrected chi connectivity index (χ3v) is 3.74. The Bertz CT molecular complexity index is 187. The van der Waals surface area contributed by atoms with E-state index >= 15 is 0 Å². The number of rotatable bonds is 4. The number of nitrogens with two attached hydrogens (primary N) is 1. The summed E-state index contributed by atoms with van der Waals surface area (Å²) in [5.74, 6) is 0. The minimum absolute atomic E-state index is 0.686. The smallest absolute Gasteiger partial charge is 0.0621 e. The number of piperazine rings is 1. The molecule has 2 aliphatic rings. The predicted octanol–water partition coefficient (Wildman–Crippen LogP) is 0.132. The molecule has 1 unspecified atom stereocenters. The summed E-state index contributed by atoms with van der Waals surface area (Å²) >= 11 is 0. The Labute approximate surface area is 98.7 Å². The van der Waals surface area contributed by atoms with Crippen LogP contribution in [-0.4, -0.2) is 68.3 Å². The highest BCUT2D eigenvalue weighted by atomic mass is 16.5. The summed E-state index contributed by atoms with van der Waals surface area (Å²) in [7, 11) is 0. The van der Waals surface area contributed by atoms with Gasteiger partial charge in [-0.2, -0.15) is 0 Å². The van der Waals surface area contributed by atoms with Crippen molar-refractivity contribution in [1.29, 1.82) is 0 Å². The van der Waals surface area contributed by atoms with Crippen molar-refractivity contribution in [3.8, 4) is 0 Å². The molecule has 2 aliphatic heterocycles. The molecule has 16 heavy (non-hydrogen) atoms. The van der Waals surface area contributed by atoms with E-state index in [-0.39, 0.29) is 0 Å². The van der Waals surface area contributed by atoms with Crippen molar-refractivity contribution in [2.75, 3.05) is 52.5 Å². The summed E-state index contributed by atoms with van der Waals surface area (Å²) < 4.78 is 5.56. The van der Waals surface area contributed by atoms with E-state index in [9.17, 15) is 0 Å². The van der Waals surface area contributed by atoms with Crippen molar-refractivity contribution in [2.24, 2.45) is 5.73 Å². The van der Waals surface area contributed by atoms with Crippen molar-refractivity contribution in [2.45, 2.75) is 25.3 Å². The van der Waals surface area contributed by atoms with E-state index in [1.165, 1.54) is 45.6 Å². The summed E-state index contributed by atoms with van der Waals surface area (Å²) in [6, 6.07) is 0.686. The summed E-state index contributed by atoms with van der Waals surface area (Å²) in [6.07, 6.45) is 3.69. The van der Waals surface area contributed by atoms with Crippen LogP contribution in [0.15, 0.2) is 0 Å². The summed E-state index contributed by atoms with van der Waals surface area (Å²) in [4.78, 5) is 5.14. The fourth-order valence-electron chi connectivity index (χ4n) is 2.68. The van der Waals surface area contributed by atoms with Gasteiger partial charge in [0.2, 0.25) is 0 Å². The van der Waals surface area contributed by atoms with Gasteiger partial charge in [0.15, 0.2) is 0 Å². The lowest BCUT2D eigenvalue weighted by Crippen LogP contribution is -2.52. The average Bonchev–Trinajstić information content (AvgIpc) is 2.38. The Morgan fingerprint density at radius 1 is 1.19 bits per heavy atom. The molecule has 0 aromatic heterocycles. The molecule has 2 N–H and O–H groups in total. The minimum Gasteiger partial charge on any atom is -0.380 e. The fraction of sp³-hybridized carbons (Fsp3) is 1.00. The van der Waals surface area contributed by atoms with Crippen LogP contribution >= 0.6 is 0 Å². The lowest BCUT2D eigenvalue weighted by atomic mass is 10.1. The van der Waals surface area contributed by atoms with Crippen molar-refractivity contribution in [1.82, 2.24) is 9.80 Å². The largest absolute Gasteiger partial charge is 0.380 e. The first-order valence-electron chi connectivity index (χ1n) is 6.64. The first-order chi connectivity index (χ1) is 7.90. The number of hydrogen-bond acceptors (Lipinski definition) is 4. The third kappa shape index (κ3) is 3.42. The molecule has 0 radical (unpaired) electrons. The van der Waals surface area contributed by atoms with E-state index in [0.717, 1.165) is 26.2 Å². The van der Waals surface area contributed by atoms with Gasteiger partial charge in [-0.1, -0.05) is 0 Å². The number of nitrogens with zero attached hydrogens (tertiary/aromatic N) is 2. The Hall–Kier alpha value is -0.160. The fourth-order valence-corrected chi connectivity index (χ4v) is 2.68. The molecule has 0 aromatic carbocycles. The topological polar surface area (TPSA) is 41.7 Å². The van der Waals surface area contributed by atoms with Crippen LogP contribution in [0.3, 0.4) is 0 Å². The Morgan fingerprint density at radius 3 is 2.62 bits per heavy atom. The maximum absolute atomic E-state index is 5.56. The van der Waals surface area contributed by atoms with E-state index < -0.39 is 0 Å². The second-order valence-corrected chi connectivity index (χ2v) is 4.89. The molecular formula is C12H25N3O. The van der Waals surface area contributed by atoms with Gasteiger partial charge in [0, 0.05) is 38.8 Å². The zero-order valence-electron chi connectivity index (χ0n) is 10.2. The lowest BCUT2D eigenvalue weighted by molar-refractivity contribution is -0.00158. The molecule has 0 aliphatic carbocycles. The van der Waals surface area contributed by atoms with Crippen molar-refractivity contribution in [3.05, 3.63) is 0 Å². The maximum atomic E-state index is 5.56. The molecular weight excluding hydrogens is 202 g/mol. The number of hydrogen-bond donors (Lipinski definition) is 1. The van der Waals surface area contributed by atoms with E-state index in [2.05, 4.69) is 9.80 Å². The first kappa shape index (κ1) is 12.3. The third-order valence-electron chi connectivity index (χ3n) is 3.74. The molecule has 0 aromatic rings. The van der Waals surface area contributed by atoms with Crippen LogP contribution in [0, 0.1) is 0 Å². The Balaban J connectivity index is 1.67. The molecule has 2 saturated heterocycles. The van der Waals surface area contributed by atoms with Gasteiger partial charge >= 0.3 is 0 Å². The molecule has 4 heteroatoms. The molecule has 0 bridgehead atoms. The number of ether oxygens (including phenoxy) is 1. The van der Waals surface area contributed by atoms with Gasteiger partial charge in [0.25, 0.3) is 0 Å². The molecule has 0 amide bonds. The van der Waals surface area contributed by atoms with Crippen LogP contribution in [0.4, 0.5) is 0 Å². The van der Waals surface area contributed by atoms with Crippen LogP contribution in [0.1, 0.15) is 19.3 Å². The van der Waals surface area contributed by atoms with E-state index in [4.69, 9.17) is 10.5 Å². The zero-order chi connectivity index (χ0) is 11.2. The van der Waals surface area contributed by atoms with Crippen molar-refractivity contribution < 1.29 is 4.74 Å². The van der Waals surface area contributed by atoms with E-state index in [1.807, 2.05) is 0 Å². The SMILES string of the molecule is NCCCN1CCN(C2CCCOC2)CC1. The lowest BCUT2D eigenvalue weighted by Gasteiger charge is -2.40.